The molecule has 0 saturated carbocycles. The summed E-state index contributed by atoms with van der Waals surface area (Å²) in [6.45, 7) is 4.10. The first-order valence-corrected chi connectivity index (χ1v) is 10.4. The molecule has 5 heteroatoms. The fourth-order valence-corrected chi connectivity index (χ4v) is 3.47. The van der Waals surface area contributed by atoms with E-state index in [2.05, 4.69) is 56.3 Å². The number of carbonyl (C=O) groups is 1. The fraction of sp³-hybridized carbons (Fsp3) is 0.400. The predicted octanol–water partition coefficient (Wildman–Crippen LogP) is 5.27. The Kier molecular flexibility index (Phi) is 9.41. The standard InChI is InChI=1S/C25H31NO3.ClH/c1-4-5-15-28-25(27)17-19-12-13-24-23(16-19)22(11-8-14-26(2)3)21-10-7-6-9-20(21)18-29-24;/h6-7,9-13,16H,4-5,8,14-15,17-18H2,1-3H3;1H/b22-11-;. The van der Waals surface area contributed by atoms with Gasteiger partial charge >= 0.3 is 5.97 Å². The Hall–Kier alpha value is -2.30. The van der Waals surface area contributed by atoms with Crippen molar-refractivity contribution in [1.82, 2.24) is 4.90 Å². The second-order valence-electron chi connectivity index (χ2n) is 7.74. The van der Waals surface area contributed by atoms with E-state index in [1.165, 1.54) is 16.7 Å². The van der Waals surface area contributed by atoms with Crippen LogP contribution in [0.2, 0.25) is 0 Å². The van der Waals surface area contributed by atoms with Crippen LogP contribution in [-0.4, -0.2) is 38.1 Å². The molecule has 162 valence electrons. The van der Waals surface area contributed by atoms with Gasteiger partial charge in [-0.25, -0.2) is 0 Å². The van der Waals surface area contributed by atoms with Crippen molar-refractivity contribution in [3.8, 4) is 5.75 Å². The number of hydrogen-bond acceptors (Lipinski definition) is 4. The molecule has 0 atom stereocenters. The normalized spacial score (nSPS) is 13.7. The van der Waals surface area contributed by atoms with Crippen LogP contribution in [0.3, 0.4) is 0 Å². The fourth-order valence-electron chi connectivity index (χ4n) is 3.47. The van der Waals surface area contributed by atoms with Gasteiger partial charge in [0.1, 0.15) is 12.4 Å². The number of rotatable bonds is 8. The number of benzene rings is 2. The van der Waals surface area contributed by atoms with Crippen LogP contribution < -0.4 is 4.74 Å². The first-order chi connectivity index (χ1) is 14.1. The van der Waals surface area contributed by atoms with Gasteiger partial charge in [0, 0.05) is 12.1 Å². The highest BCUT2D eigenvalue weighted by molar-refractivity contribution is 5.86. The monoisotopic (exact) mass is 429 g/mol. The van der Waals surface area contributed by atoms with Gasteiger partial charge < -0.3 is 14.4 Å². The highest BCUT2D eigenvalue weighted by Crippen LogP contribution is 2.37. The number of hydrogen-bond donors (Lipinski definition) is 0. The van der Waals surface area contributed by atoms with E-state index in [0.717, 1.165) is 42.7 Å². The van der Waals surface area contributed by atoms with Crippen molar-refractivity contribution in [2.75, 3.05) is 27.2 Å². The van der Waals surface area contributed by atoms with Gasteiger partial charge in [0.05, 0.1) is 13.0 Å². The molecule has 1 aliphatic heterocycles. The first-order valence-electron chi connectivity index (χ1n) is 10.4. The van der Waals surface area contributed by atoms with Crippen LogP contribution in [-0.2, 0) is 22.6 Å². The molecule has 0 bridgehead atoms. The van der Waals surface area contributed by atoms with Crippen LogP contribution in [0.4, 0.5) is 0 Å². The second kappa shape index (κ2) is 11.8. The lowest BCUT2D eigenvalue weighted by Gasteiger charge is -2.14. The van der Waals surface area contributed by atoms with Gasteiger partial charge in [-0.1, -0.05) is 49.8 Å². The molecule has 4 nitrogen and oxygen atoms in total. The van der Waals surface area contributed by atoms with E-state index in [1.807, 2.05) is 18.2 Å². The topological polar surface area (TPSA) is 38.8 Å². The van der Waals surface area contributed by atoms with Crippen LogP contribution in [0.1, 0.15) is 48.4 Å². The summed E-state index contributed by atoms with van der Waals surface area (Å²) in [5.41, 5.74) is 5.56. The van der Waals surface area contributed by atoms with Gasteiger partial charge in [-0.05, 0) is 61.3 Å². The highest BCUT2D eigenvalue weighted by Gasteiger charge is 2.20. The lowest BCUT2D eigenvalue weighted by atomic mass is 9.92. The summed E-state index contributed by atoms with van der Waals surface area (Å²) < 4.78 is 11.4. The van der Waals surface area contributed by atoms with Gasteiger partial charge in [0.15, 0.2) is 0 Å². The van der Waals surface area contributed by atoms with E-state index in [9.17, 15) is 4.79 Å². The van der Waals surface area contributed by atoms with E-state index in [-0.39, 0.29) is 24.8 Å². The van der Waals surface area contributed by atoms with Crippen molar-refractivity contribution in [2.24, 2.45) is 0 Å². The summed E-state index contributed by atoms with van der Waals surface area (Å²) >= 11 is 0. The molecule has 2 aromatic carbocycles. The molecule has 0 unspecified atom stereocenters. The second-order valence-corrected chi connectivity index (χ2v) is 7.74. The summed E-state index contributed by atoms with van der Waals surface area (Å²) in [7, 11) is 4.16. The summed E-state index contributed by atoms with van der Waals surface area (Å²) in [6.07, 6.45) is 5.43. The SMILES string of the molecule is CCCCOC(=O)Cc1ccc2c(c1)/C(=C\CCN(C)C)c1ccccc1CO2.Cl. The Balaban J connectivity index is 0.00000320. The van der Waals surface area contributed by atoms with E-state index in [0.29, 0.717) is 13.2 Å². The smallest absolute Gasteiger partial charge is 0.310 e. The van der Waals surface area contributed by atoms with E-state index < -0.39 is 0 Å². The Morgan fingerprint density at radius 2 is 1.97 bits per heavy atom. The zero-order valence-corrected chi connectivity index (χ0v) is 19.0. The molecular formula is C25H32ClNO3. The molecule has 0 saturated heterocycles. The quantitative estimate of drug-likeness (QED) is 0.423. The van der Waals surface area contributed by atoms with E-state index in [4.69, 9.17) is 9.47 Å². The molecule has 3 rings (SSSR count). The lowest BCUT2D eigenvalue weighted by molar-refractivity contribution is -0.142. The van der Waals surface area contributed by atoms with Gasteiger partial charge in [0.2, 0.25) is 0 Å². The number of nitrogens with zero attached hydrogens (tertiary/aromatic N) is 1. The third-order valence-corrected chi connectivity index (χ3v) is 5.06. The lowest BCUT2D eigenvalue weighted by Crippen LogP contribution is -2.12. The van der Waals surface area contributed by atoms with E-state index >= 15 is 0 Å². The first kappa shape index (κ1) is 24.0. The molecule has 0 aromatic heterocycles. The Bertz CT molecular complexity index is 876. The van der Waals surface area contributed by atoms with Crippen LogP contribution in [0.15, 0.2) is 48.5 Å². The Morgan fingerprint density at radius 1 is 1.17 bits per heavy atom. The maximum absolute atomic E-state index is 12.2. The largest absolute Gasteiger partial charge is 0.488 e. The molecule has 30 heavy (non-hydrogen) atoms. The van der Waals surface area contributed by atoms with Crippen molar-refractivity contribution in [2.45, 2.75) is 39.2 Å². The summed E-state index contributed by atoms with van der Waals surface area (Å²) in [6, 6.07) is 14.4. The zero-order chi connectivity index (χ0) is 20.6. The molecule has 0 N–H and O–H groups in total. The average Bonchev–Trinajstić information content (AvgIpc) is 2.85. The van der Waals surface area contributed by atoms with Crippen LogP contribution in [0.5, 0.6) is 5.75 Å². The van der Waals surface area contributed by atoms with Crippen LogP contribution in [0.25, 0.3) is 5.57 Å². The molecule has 0 fully saturated rings. The minimum absolute atomic E-state index is 0. The van der Waals surface area contributed by atoms with E-state index in [1.54, 1.807) is 0 Å². The summed E-state index contributed by atoms with van der Waals surface area (Å²) in [5.74, 6) is 0.687. The van der Waals surface area contributed by atoms with Crippen molar-refractivity contribution in [3.63, 3.8) is 0 Å². The number of unbranched alkanes of at least 4 members (excludes halogenated alkanes) is 1. The third-order valence-electron chi connectivity index (χ3n) is 5.06. The number of ether oxygens (including phenoxy) is 2. The van der Waals surface area contributed by atoms with Gasteiger partial charge in [0.25, 0.3) is 0 Å². The van der Waals surface area contributed by atoms with Crippen molar-refractivity contribution in [1.29, 1.82) is 0 Å². The predicted molar refractivity (Wildman–Crippen MR) is 124 cm³/mol. The molecule has 1 heterocycles. The molecule has 0 radical (unpaired) electrons. The van der Waals surface area contributed by atoms with Crippen molar-refractivity contribution < 1.29 is 14.3 Å². The number of halogens is 1. The summed E-state index contributed by atoms with van der Waals surface area (Å²) in [5, 5.41) is 0. The van der Waals surface area contributed by atoms with Crippen molar-refractivity contribution in [3.05, 3.63) is 70.8 Å². The van der Waals surface area contributed by atoms with Crippen LogP contribution in [0, 0.1) is 0 Å². The zero-order valence-electron chi connectivity index (χ0n) is 18.1. The van der Waals surface area contributed by atoms with Crippen molar-refractivity contribution >= 4 is 23.9 Å². The molecule has 1 aliphatic rings. The van der Waals surface area contributed by atoms with Gasteiger partial charge in [-0.2, -0.15) is 0 Å². The minimum atomic E-state index is -0.175. The third kappa shape index (κ3) is 6.35. The maximum atomic E-state index is 12.2. The Morgan fingerprint density at radius 3 is 2.73 bits per heavy atom. The highest BCUT2D eigenvalue weighted by atomic mass is 35.5. The molecular weight excluding hydrogens is 398 g/mol. The van der Waals surface area contributed by atoms with Gasteiger partial charge in [-0.15, -0.1) is 12.4 Å². The number of esters is 1. The van der Waals surface area contributed by atoms with Crippen LogP contribution >= 0.6 is 12.4 Å². The Labute approximate surface area is 186 Å². The molecule has 0 amide bonds. The summed E-state index contributed by atoms with van der Waals surface area (Å²) in [4.78, 5) is 14.4. The average molecular weight is 430 g/mol. The van der Waals surface area contributed by atoms with Gasteiger partial charge in [-0.3, -0.25) is 4.79 Å². The molecule has 0 spiro atoms. The number of carbonyl (C=O) groups excluding carboxylic acids is 1. The maximum Gasteiger partial charge on any atom is 0.310 e. The molecule has 2 aromatic rings. The molecule has 0 aliphatic carbocycles. The number of fused-ring (bicyclic) bond motifs is 2. The minimum Gasteiger partial charge on any atom is -0.488 e.